The van der Waals surface area contributed by atoms with Crippen molar-refractivity contribution in [3.63, 3.8) is 0 Å². The topological polar surface area (TPSA) is 26.3 Å². The Balaban J connectivity index is 2.48. The van der Waals surface area contributed by atoms with E-state index in [0.29, 0.717) is 0 Å². The van der Waals surface area contributed by atoms with E-state index >= 15 is 0 Å². The number of rotatable bonds is 3. The molecule has 0 N–H and O–H groups in total. The molecule has 2 aromatic rings. The number of hydrogen-bond donors (Lipinski definition) is 0. The van der Waals surface area contributed by atoms with E-state index in [4.69, 9.17) is 4.74 Å². The number of halogens is 5. The molecule has 0 spiro atoms. The predicted molar refractivity (Wildman–Crippen MR) is 65.9 cm³/mol. The quantitative estimate of drug-likeness (QED) is 0.460. The Morgan fingerprint density at radius 2 is 1.55 bits per heavy atom. The molecular weight excluding hydrogens is 344 g/mol. The Morgan fingerprint density at radius 1 is 0.950 bits per heavy atom. The van der Waals surface area contributed by atoms with E-state index in [2.05, 4.69) is 15.9 Å². The van der Waals surface area contributed by atoms with Crippen molar-refractivity contribution in [3.8, 4) is 11.5 Å². The monoisotopic (exact) mass is 348 g/mol. The van der Waals surface area contributed by atoms with Gasteiger partial charge in [0.1, 0.15) is 6.29 Å². The van der Waals surface area contributed by atoms with Crippen LogP contribution in [0.4, 0.5) is 17.6 Å². The van der Waals surface area contributed by atoms with Crippen molar-refractivity contribution >= 4 is 22.2 Å². The lowest BCUT2D eigenvalue weighted by Crippen LogP contribution is -1.98. The van der Waals surface area contributed by atoms with Gasteiger partial charge in [-0.1, -0.05) is 15.9 Å². The van der Waals surface area contributed by atoms with Gasteiger partial charge < -0.3 is 4.74 Å². The summed E-state index contributed by atoms with van der Waals surface area (Å²) in [5, 5.41) is 0. The summed E-state index contributed by atoms with van der Waals surface area (Å²) in [6, 6.07) is 3.30. The zero-order chi connectivity index (χ0) is 14.9. The highest BCUT2D eigenvalue weighted by Gasteiger charge is 2.18. The van der Waals surface area contributed by atoms with Crippen molar-refractivity contribution in [3.05, 3.63) is 57.6 Å². The maximum Gasteiger partial charge on any atom is 0.201 e. The molecule has 2 rings (SSSR count). The highest BCUT2D eigenvalue weighted by molar-refractivity contribution is 9.10. The average Bonchev–Trinajstić information content (AvgIpc) is 2.38. The first-order valence-corrected chi connectivity index (χ1v) is 5.98. The molecule has 0 atom stereocenters. The molecule has 7 heteroatoms. The smallest absolute Gasteiger partial charge is 0.201 e. The Morgan fingerprint density at radius 3 is 2.10 bits per heavy atom. The lowest BCUT2D eigenvalue weighted by Gasteiger charge is -2.10. The zero-order valence-corrected chi connectivity index (χ0v) is 11.2. The number of ether oxygens (including phenoxy) is 1. The molecule has 0 aliphatic rings. The molecule has 0 aromatic heterocycles. The van der Waals surface area contributed by atoms with Gasteiger partial charge in [0.05, 0.1) is 0 Å². The van der Waals surface area contributed by atoms with Crippen LogP contribution in [-0.4, -0.2) is 6.29 Å². The number of carbonyl (C=O) groups excluding carboxylic acids is 1. The van der Waals surface area contributed by atoms with E-state index in [1.54, 1.807) is 0 Å². The Labute approximate surface area is 119 Å². The lowest BCUT2D eigenvalue weighted by atomic mass is 10.2. The van der Waals surface area contributed by atoms with Crippen molar-refractivity contribution in [2.75, 3.05) is 0 Å². The van der Waals surface area contributed by atoms with Gasteiger partial charge in [-0.05, 0) is 24.3 Å². The number of hydrogen-bond acceptors (Lipinski definition) is 2. The van der Waals surface area contributed by atoms with Crippen molar-refractivity contribution in [2.24, 2.45) is 0 Å². The van der Waals surface area contributed by atoms with E-state index < -0.39 is 34.8 Å². The summed E-state index contributed by atoms with van der Waals surface area (Å²) in [4.78, 5) is 10.4. The van der Waals surface area contributed by atoms with Crippen molar-refractivity contribution < 1.29 is 27.1 Å². The molecule has 0 aliphatic carbocycles. The average molecular weight is 349 g/mol. The van der Waals surface area contributed by atoms with E-state index in [9.17, 15) is 22.4 Å². The van der Waals surface area contributed by atoms with E-state index in [1.807, 2.05) is 0 Å². The molecular formula is C13H5BrF4O2. The number of benzene rings is 2. The first-order chi connectivity index (χ1) is 9.42. The molecule has 0 bridgehead atoms. The van der Waals surface area contributed by atoms with Gasteiger partial charge in [0.2, 0.25) is 5.82 Å². The van der Waals surface area contributed by atoms with Crippen molar-refractivity contribution in [2.45, 2.75) is 0 Å². The molecule has 0 heterocycles. The fraction of sp³-hybridized carbons (Fsp3) is 0. The predicted octanol–water partition coefficient (Wildman–Crippen LogP) is 4.61. The van der Waals surface area contributed by atoms with Crippen LogP contribution in [0, 0.1) is 23.3 Å². The molecule has 2 nitrogen and oxygen atoms in total. The maximum absolute atomic E-state index is 13.6. The van der Waals surface area contributed by atoms with Crippen LogP contribution in [0.15, 0.2) is 28.7 Å². The fourth-order valence-electron chi connectivity index (χ4n) is 1.46. The van der Waals surface area contributed by atoms with Gasteiger partial charge in [0, 0.05) is 10.0 Å². The minimum atomic E-state index is -1.38. The van der Waals surface area contributed by atoms with Gasteiger partial charge in [-0.15, -0.1) is 0 Å². The lowest BCUT2D eigenvalue weighted by molar-refractivity contribution is 0.112. The summed E-state index contributed by atoms with van der Waals surface area (Å²) < 4.78 is 58.6. The molecule has 0 fully saturated rings. The highest BCUT2D eigenvalue weighted by Crippen LogP contribution is 2.32. The van der Waals surface area contributed by atoms with Gasteiger partial charge in [-0.2, -0.15) is 4.39 Å². The van der Waals surface area contributed by atoms with Crippen molar-refractivity contribution in [1.82, 2.24) is 0 Å². The van der Waals surface area contributed by atoms with Gasteiger partial charge in [-0.25, -0.2) is 13.2 Å². The van der Waals surface area contributed by atoms with E-state index in [1.165, 1.54) is 0 Å². The molecule has 20 heavy (non-hydrogen) atoms. The van der Waals surface area contributed by atoms with E-state index in [0.717, 1.165) is 24.3 Å². The standard InChI is InChI=1S/C13H5BrF4O2/c14-7-3-8(15)12(18)11(4-7)20-13-9(16)1-6(5-19)2-10(13)17/h1-5H. The summed E-state index contributed by atoms with van der Waals surface area (Å²) in [5.41, 5.74) is -0.242. The van der Waals surface area contributed by atoms with Crippen LogP contribution < -0.4 is 4.74 Å². The van der Waals surface area contributed by atoms with Gasteiger partial charge >= 0.3 is 0 Å². The van der Waals surface area contributed by atoms with Crippen LogP contribution in [0.25, 0.3) is 0 Å². The third kappa shape index (κ3) is 2.82. The Kier molecular flexibility index (Phi) is 4.08. The molecule has 0 unspecified atom stereocenters. The molecule has 104 valence electrons. The first kappa shape index (κ1) is 14.5. The minimum Gasteiger partial charge on any atom is -0.448 e. The highest BCUT2D eigenvalue weighted by atomic mass is 79.9. The van der Waals surface area contributed by atoms with Gasteiger partial charge in [-0.3, -0.25) is 4.79 Å². The molecule has 0 radical (unpaired) electrons. The van der Waals surface area contributed by atoms with Crippen LogP contribution in [-0.2, 0) is 0 Å². The second-order valence-electron chi connectivity index (χ2n) is 3.73. The molecule has 0 amide bonds. The maximum atomic E-state index is 13.6. The summed E-state index contributed by atoms with van der Waals surface area (Å²) >= 11 is 2.90. The molecule has 0 saturated carbocycles. The Bertz CT molecular complexity index is 665. The Hall–Kier alpha value is -1.89. The second-order valence-corrected chi connectivity index (χ2v) is 4.65. The van der Waals surface area contributed by atoms with Crippen LogP contribution in [0.2, 0.25) is 0 Å². The third-order valence-corrected chi connectivity index (χ3v) is 2.79. The van der Waals surface area contributed by atoms with Gasteiger partial charge in [0.15, 0.2) is 29.0 Å². The third-order valence-electron chi connectivity index (χ3n) is 2.33. The molecule has 0 aliphatic heterocycles. The van der Waals surface area contributed by atoms with Crippen LogP contribution in [0.1, 0.15) is 10.4 Å². The first-order valence-electron chi connectivity index (χ1n) is 5.19. The summed E-state index contributed by atoms with van der Waals surface area (Å²) in [7, 11) is 0. The normalized spacial score (nSPS) is 10.4. The summed E-state index contributed by atoms with van der Waals surface area (Å²) in [6.07, 6.45) is 0.245. The fourth-order valence-corrected chi connectivity index (χ4v) is 1.87. The van der Waals surface area contributed by atoms with Crippen LogP contribution in [0.5, 0.6) is 11.5 Å². The second kappa shape index (κ2) is 5.62. The number of carbonyl (C=O) groups is 1. The summed E-state index contributed by atoms with van der Waals surface area (Å²) in [5.74, 6) is -6.63. The minimum absolute atomic E-state index is 0.136. The molecule has 2 aromatic carbocycles. The zero-order valence-electron chi connectivity index (χ0n) is 9.59. The van der Waals surface area contributed by atoms with Crippen LogP contribution >= 0.6 is 15.9 Å². The van der Waals surface area contributed by atoms with Crippen LogP contribution in [0.3, 0.4) is 0 Å². The largest absolute Gasteiger partial charge is 0.448 e. The SMILES string of the molecule is O=Cc1cc(F)c(Oc2cc(Br)cc(F)c2F)c(F)c1. The molecule has 0 saturated heterocycles. The van der Waals surface area contributed by atoms with Gasteiger partial charge in [0.25, 0.3) is 0 Å². The van der Waals surface area contributed by atoms with Crippen molar-refractivity contribution in [1.29, 1.82) is 0 Å². The number of aldehydes is 1. The summed E-state index contributed by atoms with van der Waals surface area (Å²) in [6.45, 7) is 0. The van der Waals surface area contributed by atoms with E-state index in [-0.39, 0.29) is 16.3 Å².